The summed E-state index contributed by atoms with van der Waals surface area (Å²) in [5, 5.41) is 3.64. The van der Waals surface area contributed by atoms with Crippen molar-refractivity contribution < 1.29 is 4.52 Å². The van der Waals surface area contributed by atoms with Gasteiger partial charge in [0.15, 0.2) is 11.6 Å². The van der Waals surface area contributed by atoms with Gasteiger partial charge in [0.2, 0.25) is 0 Å². The molecule has 0 amide bonds. The van der Waals surface area contributed by atoms with Crippen LogP contribution in [0.25, 0.3) is 0 Å². The molecule has 0 fully saturated rings. The molecule has 0 aliphatic heterocycles. The number of hydrogen-bond donors (Lipinski definition) is 1. The van der Waals surface area contributed by atoms with Gasteiger partial charge in [-0.05, 0) is 18.7 Å². The lowest BCUT2D eigenvalue weighted by atomic mass is 10.2. The third-order valence-electron chi connectivity index (χ3n) is 2.18. The molecule has 5 nitrogen and oxygen atoms in total. The zero-order valence-corrected chi connectivity index (χ0v) is 9.13. The van der Waals surface area contributed by atoms with Crippen molar-refractivity contribution >= 4 is 5.82 Å². The second kappa shape index (κ2) is 4.76. The molecule has 0 saturated heterocycles. The van der Waals surface area contributed by atoms with Crippen LogP contribution in [-0.2, 0) is 13.1 Å². The summed E-state index contributed by atoms with van der Waals surface area (Å²) in [5.74, 6) is 1.19. The molecule has 0 aliphatic carbocycles. The summed E-state index contributed by atoms with van der Waals surface area (Å²) >= 11 is 0. The second-order valence-corrected chi connectivity index (χ2v) is 3.75. The van der Waals surface area contributed by atoms with Crippen LogP contribution in [0.15, 0.2) is 35.1 Å². The van der Waals surface area contributed by atoms with Crippen molar-refractivity contribution in [1.29, 1.82) is 0 Å². The van der Waals surface area contributed by atoms with Crippen LogP contribution < -0.4 is 5.73 Å². The van der Waals surface area contributed by atoms with E-state index >= 15 is 0 Å². The summed E-state index contributed by atoms with van der Waals surface area (Å²) in [6, 6.07) is 5.70. The number of nitrogens with zero attached hydrogens (tertiary/aromatic N) is 3. The van der Waals surface area contributed by atoms with Crippen molar-refractivity contribution in [2.45, 2.75) is 13.1 Å². The van der Waals surface area contributed by atoms with E-state index in [9.17, 15) is 0 Å². The largest absolute Gasteiger partial charge is 0.381 e. The molecule has 84 valence electrons. The molecule has 0 unspecified atom stereocenters. The van der Waals surface area contributed by atoms with Gasteiger partial charge in [0.05, 0.1) is 6.54 Å². The SMILES string of the molecule is CN(Cc1cccnc1)Cc1cc(N)no1. The number of nitrogen functional groups attached to an aromatic ring is 1. The molecule has 2 aromatic heterocycles. The van der Waals surface area contributed by atoms with Gasteiger partial charge in [-0.1, -0.05) is 11.2 Å². The smallest absolute Gasteiger partial charge is 0.167 e. The normalized spacial score (nSPS) is 10.9. The van der Waals surface area contributed by atoms with Gasteiger partial charge in [0, 0.05) is 25.0 Å². The minimum atomic E-state index is 0.421. The minimum absolute atomic E-state index is 0.421. The van der Waals surface area contributed by atoms with Crippen molar-refractivity contribution in [2.75, 3.05) is 12.8 Å². The van der Waals surface area contributed by atoms with E-state index in [4.69, 9.17) is 10.3 Å². The molecule has 0 aliphatic rings. The molecular weight excluding hydrogens is 204 g/mol. The van der Waals surface area contributed by atoms with Gasteiger partial charge in [-0.15, -0.1) is 0 Å². The van der Waals surface area contributed by atoms with Crippen molar-refractivity contribution in [3.8, 4) is 0 Å². The molecule has 5 heteroatoms. The van der Waals surface area contributed by atoms with Gasteiger partial charge in [-0.3, -0.25) is 9.88 Å². The lowest BCUT2D eigenvalue weighted by Crippen LogP contribution is -2.16. The summed E-state index contributed by atoms with van der Waals surface area (Å²) in [7, 11) is 2.01. The molecule has 0 saturated carbocycles. The van der Waals surface area contributed by atoms with Gasteiger partial charge < -0.3 is 10.3 Å². The lowest BCUT2D eigenvalue weighted by Gasteiger charge is -2.13. The number of pyridine rings is 1. The van der Waals surface area contributed by atoms with Crippen molar-refractivity contribution in [1.82, 2.24) is 15.0 Å². The number of nitrogens with two attached hydrogens (primary N) is 1. The fourth-order valence-electron chi connectivity index (χ4n) is 1.53. The second-order valence-electron chi connectivity index (χ2n) is 3.75. The highest BCUT2D eigenvalue weighted by molar-refractivity contribution is 5.26. The zero-order valence-electron chi connectivity index (χ0n) is 9.13. The van der Waals surface area contributed by atoms with Crippen LogP contribution in [0.1, 0.15) is 11.3 Å². The van der Waals surface area contributed by atoms with Gasteiger partial charge in [0.1, 0.15) is 0 Å². The Labute approximate surface area is 93.9 Å². The number of anilines is 1. The Morgan fingerprint density at radius 2 is 2.31 bits per heavy atom. The van der Waals surface area contributed by atoms with Gasteiger partial charge in [-0.25, -0.2) is 0 Å². The van der Waals surface area contributed by atoms with Crippen LogP contribution >= 0.6 is 0 Å². The highest BCUT2D eigenvalue weighted by Gasteiger charge is 2.06. The molecular formula is C11H14N4O. The standard InChI is InChI=1S/C11H14N4O/c1-15(7-9-3-2-4-13-6-9)8-10-5-11(12)14-16-10/h2-6H,7-8H2,1H3,(H2,12,14). The quantitative estimate of drug-likeness (QED) is 0.837. The first-order valence-electron chi connectivity index (χ1n) is 5.02. The average molecular weight is 218 g/mol. The summed E-state index contributed by atoms with van der Waals surface area (Å²) in [4.78, 5) is 6.17. The first kappa shape index (κ1) is 10.6. The predicted molar refractivity (Wildman–Crippen MR) is 60.3 cm³/mol. The first-order valence-corrected chi connectivity index (χ1v) is 5.02. The van der Waals surface area contributed by atoms with Crippen LogP contribution in [0.5, 0.6) is 0 Å². The van der Waals surface area contributed by atoms with Crippen LogP contribution in [0.2, 0.25) is 0 Å². The number of rotatable bonds is 4. The highest BCUT2D eigenvalue weighted by atomic mass is 16.5. The molecule has 16 heavy (non-hydrogen) atoms. The summed E-state index contributed by atoms with van der Waals surface area (Å²) < 4.78 is 5.04. The topological polar surface area (TPSA) is 68.2 Å². The van der Waals surface area contributed by atoms with Crippen LogP contribution in [-0.4, -0.2) is 22.1 Å². The van der Waals surface area contributed by atoms with E-state index < -0.39 is 0 Å². The monoisotopic (exact) mass is 218 g/mol. The average Bonchev–Trinajstić information content (AvgIpc) is 2.65. The van der Waals surface area contributed by atoms with Gasteiger partial charge in [0.25, 0.3) is 0 Å². The van der Waals surface area contributed by atoms with E-state index in [1.54, 1.807) is 12.3 Å². The molecule has 0 radical (unpaired) electrons. The maximum Gasteiger partial charge on any atom is 0.167 e. The third kappa shape index (κ3) is 2.80. The molecule has 0 bridgehead atoms. The Morgan fingerprint density at radius 3 is 2.94 bits per heavy atom. The van der Waals surface area contributed by atoms with Crippen LogP contribution in [0.3, 0.4) is 0 Å². The summed E-state index contributed by atoms with van der Waals surface area (Å²) in [6.45, 7) is 1.49. The Balaban J connectivity index is 1.92. The van der Waals surface area contributed by atoms with Crippen LogP contribution in [0.4, 0.5) is 5.82 Å². The highest BCUT2D eigenvalue weighted by Crippen LogP contribution is 2.09. The van der Waals surface area contributed by atoms with E-state index in [1.807, 2.05) is 25.4 Å². The number of hydrogen-bond acceptors (Lipinski definition) is 5. The van der Waals surface area contributed by atoms with Crippen LogP contribution in [0, 0.1) is 0 Å². The van der Waals surface area contributed by atoms with E-state index in [-0.39, 0.29) is 0 Å². The Bertz CT molecular complexity index is 440. The summed E-state index contributed by atoms with van der Waals surface area (Å²) in [5.41, 5.74) is 6.64. The fraction of sp³-hybridized carbons (Fsp3) is 0.273. The maximum absolute atomic E-state index is 5.47. The zero-order chi connectivity index (χ0) is 11.4. The molecule has 0 atom stereocenters. The van der Waals surface area contributed by atoms with Crippen molar-refractivity contribution in [3.05, 3.63) is 41.9 Å². The van der Waals surface area contributed by atoms with E-state index in [1.165, 1.54) is 0 Å². The molecule has 2 rings (SSSR count). The predicted octanol–water partition coefficient (Wildman–Crippen LogP) is 1.28. The van der Waals surface area contributed by atoms with E-state index in [2.05, 4.69) is 15.0 Å². The fourth-order valence-corrected chi connectivity index (χ4v) is 1.53. The van der Waals surface area contributed by atoms with E-state index in [0.717, 1.165) is 17.9 Å². The Hall–Kier alpha value is -1.88. The van der Waals surface area contributed by atoms with Crippen molar-refractivity contribution in [3.63, 3.8) is 0 Å². The molecule has 2 heterocycles. The van der Waals surface area contributed by atoms with Gasteiger partial charge in [-0.2, -0.15) is 0 Å². The maximum atomic E-state index is 5.47. The molecule has 2 N–H and O–H groups in total. The van der Waals surface area contributed by atoms with E-state index in [0.29, 0.717) is 12.4 Å². The van der Waals surface area contributed by atoms with Crippen molar-refractivity contribution in [2.24, 2.45) is 0 Å². The molecule has 0 aromatic carbocycles. The summed E-state index contributed by atoms with van der Waals surface area (Å²) in [6.07, 6.45) is 3.62. The Morgan fingerprint density at radius 1 is 1.44 bits per heavy atom. The first-order chi connectivity index (χ1) is 7.74. The minimum Gasteiger partial charge on any atom is -0.381 e. The molecule has 2 aromatic rings. The Kier molecular flexibility index (Phi) is 3.16. The third-order valence-corrected chi connectivity index (χ3v) is 2.18. The van der Waals surface area contributed by atoms with Gasteiger partial charge >= 0.3 is 0 Å². The molecule has 0 spiro atoms. The lowest BCUT2D eigenvalue weighted by molar-refractivity contribution is 0.267. The number of aromatic nitrogens is 2.